The molecule has 0 aromatic rings. The number of phosphoric ester groups is 1. The van der Waals surface area contributed by atoms with Crippen molar-refractivity contribution >= 4 is 19.8 Å². The number of ether oxygens (including phenoxy) is 2. The molecular weight excluding hydrogens is 681 g/mol. The smallest absolute Gasteiger partial charge is 0.462 e. The van der Waals surface area contributed by atoms with Crippen LogP contribution >= 0.6 is 7.82 Å². The van der Waals surface area contributed by atoms with Crippen LogP contribution in [0.1, 0.15) is 136 Å². The van der Waals surface area contributed by atoms with Crippen molar-refractivity contribution in [3.63, 3.8) is 0 Å². The van der Waals surface area contributed by atoms with Gasteiger partial charge in [-0.3, -0.25) is 18.6 Å². The number of carbonyl (C=O) groups excluding carboxylic acids is 2. The molecule has 3 atom stereocenters. The van der Waals surface area contributed by atoms with Crippen molar-refractivity contribution in [1.29, 1.82) is 0 Å². The molecule has 0 rings (SSSR count). The molecule has 11 heteroatoms. The highest BCUT2D eigenvalue weighted by Gasteiger charge is 2.25. The summed E-state index contributed by atoms with van der Waals surface area (Å²) in [5, 5.41) is 9.46. The summed E-state index contributed by atoms with van der Waals surface area (Å²) in [6, 6.07) is 0. The summed E-state index contributed by atoms with van der Waals surface area (Å²) < 4.78 is 32.6. The zero-order valence-electron chi connectivity index (χ0n) is 32.1. The molecule has 4 N–H and O–H groups in total. The molecule has 0 heterocycles. The van der Waals surface area contributed by atoms with Gasteiger partial charge in [-0.25, -0.2) is 4.57 Å². The number of hydrogen-bond donors (Lipinski definition) is 3. The average Bonchev–Trinajstić information content (AvgIpc) is 3.13. The van der Waals surface area contributed by atoms with Gasteiger partial charge in [0.1, 0.15) is 6.61 Å². The Morgan fingerprint density at radius 3 is 1.88 bits per heavy atom. The minimum Gasteiger partial charge on any atom is -0.462 e. The summed E-state index contributed by atoms with van der Waals surface area (Å²) in [4.78, 5) is 34.7. The zero-order valence-corrected chi connectivity index (χ0v) is 33.0. The van der Waals surface area contributed by atoms with E-state index in [1.165, 1.54) is 25.7 Å². The fourth-order valence-electron chi connectivity index (χ4n) is 4.67. The van der Waals surface area contributed by atoms with Gasteiger partial charge in [0.15, 0.2) is 6.10 Å². The summed E-state index contributed by atoms with van der Waals surface area (Å²) in [5.74, 6) is -0.935. The molecule has 0 aliphatic rings. The lowest BCUT2D eigenvalue weighted by molar-refractivity contribution is -0.161. The zero-order chi connectivity index (χ0) is 38.4. The number of aliphatic hydroxyl groups excluding tert-OH is 1. The molecule has 0 fully saturated rings. The molecule has 0 aromatic carbocycles. The van der Waals surface area contributed by atoms with Crippen molar-refractivity contribution in [3.8, 4) is 0 Å². The van der Waals surface area contributed by atoms with Crippen LogP contribution in [0.25, 0.3) is 0 Å². The Labute approximate surface area is 314 Å². The van der Waals surface area contributed by atoms with E-state index < -0.39 is 32.5 Å². The molecule has 0 radical (unpaired) electrons. The first kappa shape index (κ1) is 49.4. The third kappa shape index (κ3) is 35.8. The first-order valence-corrected chi connectivity index (χ1v) is 21.0. The SMILES string of the molecule is CCCCCC/C=C\CCCCCCCC(=O)OC[C@H](COP(=O)(O)OCCN)OC(=O)CCC/C=C\C/C=C\C/C=C\C/C=C\C=C\[C@H](O)CC. The second kappa shape index (κ2) is 36.8. The van der Waals surface area contributed by atoms with Crippen LogP contribution in [0.15, 0.2) is 72.9 Å². The topological polar surface area (TPSA) is 155 Å². The van der Waals surface area contributed by atoms with E-state index in [4.69, 9.17) is 24.3 Å². The van der Waals surface area contributed by atoms with Crippen LogP contribution in [-0.4, -0.2) is 60.5 Å². The van der Waals surface area contributed by atoms with Crippen LogP contribution in [0, 0.1) is 0 Å². The van der Waals surface area contributed by atoms with E-state index in [0.29, 0.717) is 25.7 Å². The lowest BCUT2D eigenvalue weighted by Crippen LogP contribution is -2.29. The maximum absolute atomic E-state index is 12.5. The molecule has 0 spiro atoms. The van der Waals surface area contributed by atoms with E-state index in [-0.39, 0.29) is 38.7 Å². The first-order chi connectivity index (χ1) is 25.2. The Bertz CT molecular complexity index is 1100. The Balaban J connectivity index is 4.37. The minimum atomic E-state index is -4.40. The average molecular weight is 752 g/mol. The lowest BCUT2D eigenvalue weighted by Gasteiger charge is -2.19. The number of unbranched alkanes of at least 4 members (excludes halogenated alkanes) is 10. The molecule has 0 saturated carbocycles. The van der Waals surface area contributed by atoms with Crippen LogP contribution < -0.4 is 5.73 Å². The Kier molecular flexibility index (Phi) is 34.9. The highest BCUT2D eigenvalue weighted by Crippen LogP contribution is 2.43. The largest absolute Gasteiger partial charge is 0.472 e. The van der Waals surface area contributed by atoms with Crippen LogP contribution in [-0.2, 0) is 32.7 Å². The van der Waals surface area contributed by atoms with Crippen molar-refractivity contribution < 1.29 is 42.7 Å². The summed E-state index contributed by atoms with van der Waals surface area (Å²) in [5.41, 5.74) is 5.32. The highest BCUT2D eigenvalue weighted by atomic mass is 31.2. The maximum atomic E-state index is 12.5. The molecule has 298 valence electrons. The van der Waals surface area contributed by atoms with E-state index in [9.17, 15) is 24.2 Å². The molecule has 0 aliphatic carbocycles. The molecule has 0 aromatic heterocycles. The molecule has 52 heavy (non-hydrogen) atoms. The molecule has 0 bridgehead atoms. The molecule has 10 nitrogen and oxygen atoms in total. The van der Waals surface area contributed by atoms with Gasteiger partial charge in [0.2, 0.25) is 0 Å². The molecule has 1 unspecified atom stereocenters. The van der Waals surface area contributed by atoms with Gasteiger partial charge in [0.05, 0.1) is 19.3 Å². The predicted octanol–water partition coefficient (Wildman–Crippen LogP) is 9.68. The standard InChI is InChI=1S/C41H70NO9P/c1-3-5-6-7-8-9-10-13-17-20-23-26-29-32-40(44)48-36-39(37-50-52(46,47)49-35-34-42)51-41(45)33-30-27-24-21-18-15-12-11-14-16-19-22-25-28-31-38(43)4-2/h9-10,12,14-16,21-22,24-25,28,31,38-39,43H,3-8,11,13,17-20,23,26-27,29-30,32-37,42H2,1-2H3,(H,46,47)/b10-9-,15-12-,16-14-,24-21-,25-22-,31-28+/t38-,39-/m1/s1. The minimum absolute atomic E-state index is 0.0337. The van der Waals surface area contributed by atoms with E-state index in [1.807, 2.05) is 37.3 Å². The monoisotopic (exact) mass is 751 g/mol. The third-order valence-electron chi connectivity index (χ3n) is 7.73. The second-order valence-corrected chi connectivity index (χ2v) is 14.1. The van der Waals surface area contributed by atoms with Crippen LogP contribution in [0.4, 0.5) is 0 Å². The van der Waals surface area contributed by atoms with Gasteiger partial charge in [0.25, 0.3) is 0 Å². The van der Waals surface area contributed by atoms with Crippen LogP contribution in [0.5, 0.6) is 0 Å². The molecule has 0 saturated heterocycles. The third-order valence-corrected chi connectivity index (χ3v) is 8.72. The fourth-order valence-corrected chi connectivity index (χ4v) is 5.44. The lowest BCUT2D eigenvalue weighted by atomic mass is 10.1. The first-order valence-electron chi connectivity index (χ1n) is 19.5. The normalized spacial score (nSPS) is 14.8. The number of nitrogens with two attached hydrogens (primary N) is 1. The Morgan fingerprint density at radius 1 is 0.673 bits per heavy atom. The van der Waals surface area contributed by atoms with Crippen molar-refractivity contribution in [2.45, 2.75) is 148 Å². The van der Waals surface area contributed by atoms with Crippen molar-refractivity contribution in [3.05, 3.63) is 72.9 Å². The van der Waals surface area contributed by atoms with Crippen molar-refractivity contribution in [1.82, 2.24) is 0 Å². The highest BCUT2D eigenvalue weighted by molar-refractivity contribution is 7.47. The van der Waals surface area contributed by atoms with E-state index in [0.717, 1.165) is 57.8 Å². The molecule has 0 aliphatic heterocycles. The quantitative estimate of drug-likeness (QED) is 0.0187. The summed E-state index contributed by atoms with van der Waals surface area (Å²) in [6.45, 7) is 3.27. The summed E-state index contributed by atoms with van der Waals surface area (Å²) >= 11 is 0. The van der Waals surface area contributed by atoms with E-state index >= 15 is 0 Å². The van der Waals surface area contributed by atoms with Crippen molar-refractivity contribution in [2.24, 2.45) is 5.73 Å². The van der Waals surface area contributed by atoms with Crippen LogP contribution in [0.3, 0.4) is 0 Å². The number of phosphoric acid groups is 1. The fraction of sp³-hybridized carbons (Fsp3) is 0.659. The summed E-state index contributed by atoms with van der Waals surface area (Å²) in [7, 11) is -4.40. The van der Waals surface area contributed by atoms with Crippen molar-refractivity contribution in [2.75, 3.05) is 26.4 Å². The van der Waals surface area contributed by atoms with Gasteiger partial charge in [-0.2, -0.15) is 0 Å². The number of rotatable bonds is 35. The van der Waals surface area contributed by atoms with Gasteiger partial charge in [-0.15, -0.1) is 0 Å². The summed E-state index contributed by atoms with van der Waals surface area (Å²) in [6.07, 6.45) is 40.3. The molecule has 0 amide bonds. The number of allylic oxidation sites excluding steroid dienone is 11. The number of hydrogen-bond acceptors (Lipinski definition) is 9. The Morgan fingerprint density at radius 2 is 1.23 bits per heavy atom. The number of aliphatic hydroxyl groups is 1. The van der Waals surface area contributed by atoms with E-state index in [2.05, 4.69) is 43.4 Å². The second-order valence-electron chi connectivity index (χ2n) is 12.6. The van der Waals surface area contributed by atoms with Gasteiger partial charge < -0.3 is 25.2 Å². The Hall–Kier alpha value is -2.59. The van der Waals surface area contributed by atoms with Gasteiger partial charge in [-0.1, -0.05) is 125 Å². The van der Waals surface area contributed by atoms with Gasteiger partial charge in [-0.05, 0) is 70.6 Å². The molecular formula is C41H70NO9P. The van der Waals surface area contributed by atoms with Gasteiger partial charge >= 0.3 is 19.8 Å². The van der Waals surface area contributed by atoms with Gasteiger partial charge in [0, 0.05) is 19.4 Å². The predicted molar refractivity (Wildman–Crippen MR) is 212 cm³/mol. The van der Waals surface area contributed by atoms with E-state index in [1.54, 1.807) is 6.08 Å². The maximum Gasteiger partial charge on any atom is 0.472 e. The number of carbonyl (C=O) groups is 2. The number of esters is 2. The van der Waals surface area contributed by atoms with Crippen LogP contribution in [0.2, 0.25) is 0 Å².